The molecule has 1 heteroatoms. The van der Waals surface area contributed by atoms with Crippen molar-refractivity contribution in [2.75, 3.05) is 0 Å². The highest BCUT2D eigenvalue weighted by atomic mass is 14.6. The Balaban J connectivity index is 2.11. The lowest BCUT2D eigenvalue weighted by Crippen LogP contribution is -1.83. The maximum atomic E-state index is 4.22. The molecule has 1 nitrogen and oxygen atoms in total. The van der Waals surface area contributed by atoms with Gasteiger partial charge in [-0.05, 0) is 39.1 Å². The fourth-order valence-corrected chi connectivity index (χ4v) is 2.80. The van der Waals surface area contributed by atoms with E-state index < -0.39 is 0 Å². The Morgan fingerprint density at radius 3 is 2.82 bits per heavy atom. The maximum absolute atomic E-state index is 4.22. The molecule has 17 heavy (non-hydrogen) atoms. The SMILES string of the molecule is c1ccc2c3c(ccc2c1)-c1ccncc1C3. The van der Waals surface area contributed by atoms with Crippen LogP contribution in [0.15, 0.2) is 54.9 Å². The number of hydrogen-bond acceptors (Lipinski definition) is 1. The number of pyridine rings is 1. The van der Waals surface area contributed by atoms with E-state index in [-0.39, 0.29) is 0 Å². The van der Waals surface area contributed by atoms with Gasteiger partial charge in [-0.3, -0.25) is 4.98 Å². The minimum atomic E-state index is 1.01. The van der Waals surface area contributed by atoms with Crippen LogP contribution in [0.5, 0.6) is 0 Å². The summed E-state index contributed by atoms with van der Waals surface area (Å²) in [7, 11) is 0. The topological polar surface area (TPSA) is 12.9 Å². The van der Waals surface area contributed by atoms with Crippen molar-refractivity contribution in [3.63, 3.8) is 0 Å². The molecule has 1 aliphatic carbocycles. The molecule has 2 aromatic carbocycles. The fraction of sp³-hybridized carbons (Fsp3) is 0.0625. The molecule has 0 unspecified atom stereocenters. The van der Waals surface area contributed by atoms with E-state index in [1.54, 1.807) is 0 Å². The third-order valence-electron chi connectivity index (χ3n) is 3.60. The average molecular weight is 217 g/mol. The zero-order chi connectivity index (χ0) is 11.2. The number of fused-ring (bicyclic) bond motifs is 5. The molecule has 0 N–H and O–H groups in total. The van der Waals surface area contributed by atoms with E-state index in [9.17, 15) is 0 Å². The van der Waals surface area contributed by atoms with E-state index in [0.29, 0.717) is 0 Å². The number of rotatable bonds is 0. The van der Waals surface area contributed by atoms with Crippen LogP contribution in [0.3, 0.4) is 0 Å². The van der Waals surface area contributed by atoms with Gasteiger partial charge < -0.3 is 0 Å². The van der Waals surface area contributed by atoms with Crippen LogP contribution in [0.1, 0.15) is 11.1 Å². The summed E-state index contributed by atoms with van der Waals surface area (Å²) in [4.78, 5) is 4.22. The molecule has 1 heterocycles. The quantitative estimate of drug-likeness (QED) is 0.436. The summed E-state index contributed by atoms with van der Waals surface area (Å²) < 4.78 is 0. The van der Waals surface area contributed by atoms with Crippen LogP contribution in [0.4, 0.5) is 0 Å². The van der Waals surface area contributed by atoms with Gasteiger partial charge in [0.15, 0.2) is 0 Å². The van der Waals surface area contributed by atoms with Crippen LogP contribution in [-0.4, -0.2) is 4.98 Å². The van der Waals surface area contributed by atoms with Gasteiger partial charge in [-0.25, -0.2) is 0 Å². The van der Waals surface area contributed by atoms with Crippen LogP contribution in [0.25, 0.3) is 21.9 Å². The summed E-state index contributed by atoms with van der Waals surface area (Å²) >= 11 is 0. The first-order chi connectivity index (χ1) is 8.43. The second-order valence-electron chi connectivity index (χ2n) is 4.52. The van der Waals surface area contributed by atoms with E-state index in [2.05, 4.69) is 47.4 Å². The van der Waals surface area contributed by atoms with Crippen molar-refractivity contribution in [1.82, 2.24) is 4.98 Å². The maximum Gasteiger partial charge on any atom is 0.0309 e. The standard InChI is InChI=1S/C16H11N/c1-2-4-13-11(3-1)5-6-15-14-7-8-17-10-12(14)9-16(13)15/h1-8,10H,9H2. The first kappa shape index (κ1) is 8.94. The molecular weight excluding hydrogens is 206 g/mol. The van der Waals surface area contributed by atoms with E-state index in [1.165, 1.54) is 33.0 Å². The van der Waals surface area contributed by atoms with Crippen LogP contribution in [0, 0.1) is 0 Å². The minimum Gasteiger partial charge on any atom is -0.264 e. The number of hydrogen-bond donors (Lipinski definition) is 0. The van der Waals surface area contributed by atoms with Crippen LogP contribution >= 0.6 is 0 Å². The molecule has 0 spiro atoms. The molecule has 0 saturated heterocycles. The van der Waals surface area contributed by atoms with E-state index in [1.807, 2.05) is 12.4 Å². The van der Waals surface area contributed by atoms with Gasteiger partial charge in [0.2, 0.25) is 0 Å². The van der Waals surface area contributed by atoms with Crippen LogP contribution in [0.2, 0.25) is 0 Å². The van der Waals surface area contributed by atoms with Crippen molar-refractivity contribution in [3.05, 3.63) is 66.0 Å². The Hall–Kier alpha value is -2.15. The van der Waals surface area contributed by atoms with Crippen molar-refractivity contribution < 1.29 is 0 Å². The summed E-state index contributed by atoms with van der Waals surface area (Å²) in [6, 6.07) is 15.2. The summed E-state index contributed by atoms with van der Waals surface area (Å²) in [6.07, 6.45) is 4.88. The second kappa shape index (κ2) is 3.17. The molecule has 4 rings (SSSR count). The van der Waals surface area contributed by atoms with Gasteiger partial charge in [-0.1, -0.05) is 36.4 Å². The molecule has 1 aromatic heterocycles. The lowest BCUT2D eigenvalue weighted by atomic mass is 9.99. The summed E-state index contributed by atoms with van der Waals surface area (Å²) in [5, 5.41) is 2.70. The van der Waals surface area contributed by atoms with Crippen molar-refractivity contribution in [1.29, 1.82) is 0 Å². The van der Waals surface area contributed by atoms with Gasteiger partial charge in [0.1, 0.15) is 0 Å². The molecule has 0 radical (unpaired) electrons. The molecule has 3 aromatic rings. The Kier molecular flexibility index (Phi) is 1.67. The molecule has 0 saturated carbocycles. The zero-order valence-corrected chi connectivity index (χ0v) is 9.35. The fourth-order valence-electron chi connectivity index (χ4n) is 2.80. The van der Waals surface area contributed by atoms with E-state index in [4.69, 9.17) is 0 Å². The van der Waals surface area contributed by atoms with Gasteiger partial charge in [-0.15, -0.1) is 0 Å². The number of aromatic nitrogens is 1. The molecule has 0 amide bonds. The predicted octanol–water partition coefficient (Wildman–Crippen LogP) is 3.81. The lowest BCUT2D eigenvalue weighted by molar-refractivity contribution is 1.21. The van der Waals surface area contributed by atoms with Gasteiger partial charge in [-0.2, -0.15) is 0 Å². The van der Waals surface area contributed by atoms with E-state index >= 15 is 0 Å². The Morgan fingerprint density at radius 2 is 1.82 bits per heavy atom. The highest BCUT2D eigenvalue weighted by molar-refractivity contribution is 5.94. The van der Waals surface area contributed by atoms with Gasteiger partial charge in [0.05, 0.1) is 0 Å². The zero-order valence-electron chi connectivity index (χ0n) is 9.35. The average Bonchev–Trinajstić information content (AvgIpc) is 2.78. The Bertz CT molecular complexity index is 728. The molecule has 0 bridgehead atoms. The molecule has 80 valence electrons. The normalized spacial score (nSPS) is 12.5. The molecule has 0 atom stereocenters. The third-order valence-corrected chi connectivity index (χ3v) is 3.60. The molecular formula is C16H11N. The summed E-state index contributed by atoms with van der Waals surface area (Å²) in [6.45, 7) is 0. The minimum absolute atomic E-state index is 1.01. The second-order valence-corrected chi connectivity index (χ2v) is 4.52. The van der Waals surface area contributed by atoms with Crippen molar-refractivity contribution in [2.45, 2.75) is 6.42 Å². The van der Waals surface area contributed by atoms with Crippen LogP contribution < -0.4 is 0 Å². The van der Waals surface area contributed by atoms with Gasteiger partial charge in [0.25, 0.3) is 0 Å². The predicted molar refractivity (Wildman–Crippen MR) is 70.0 cm³/mol. The lowest BCUT2D eigenvalue weighted by Gasteiger charge is -2.04. The van der Waals surface area contributed by atoms with Crippen molar-refractivity contribution >= 4 is 10.8 Å². The van der Waals surface area contributed by atoms with Gasteiger partial charge >= 0.3 is 0 Å². The van der Waals surface area contributed by atoms with Gasteiger partial charge in [0, 0.05) is 18.8 Å². The highest BCUT2D eigenvalue weighted by Gasteiger charge is 2.19. The Morgan fingerprint density at radius 1 is 0.882 bits per heavy atom. The van der Waals surface area contributed by atoms with Crippen molar-refractivity contribution in [3.8, 4) is 11.1 Å². The first-order valence-corrected chi connectivity index (χ1v) is 5.87. The highest BCUT2D eigenvalue weighted by Crippen LogP contribution is 2.39. The number of nitrogens with zero attached hydrogens (tertiary/aromatic N) is 1. The monoisotopic (exact) mass is 217 g/mol. The van der Waals surface area contributed by atoms with Crippen molar-refractivity contribution in [2.24, 2.45) is 0 Å². The first-order valence-electron chi connectivity index (χ1n) is 5.87. The smallest absolute Gasteiger partial charge is 0.0309 e. The summed E-state index contributed by atoms with van der Waals surface area (Å²) in [5.74, 6) is 0. The van der Waals surface area contributed by atoms with E-state index in [0.717, 1.165) is 6.42 Å². The third kappa shape index (κ3) is 1.17. The number of benzene rings is 2. The molecule has 0 fully saturated rings. The molecule has 1 aliphatic rings. The summed E-state index contributed by atoms with van der Waals surface area (Å²) in [5.41, 5.74) is 5.52. The Labute approximate surface area is 99.7 Å². The largest absolute Gasteiger partial charge is 0.264 e. The van der Waals surface area contributed by atoms with Crippen LogP contribution in [-0.2, 0) is 6.42 Å². The molecule has 0 aliphatic heterocycles.